The van der Waals surface area contributed by atoms with E-state index in [0.29, 0.717) is 24.3 Å². The minimum atomic E-state index is -3.62. The second kappa shape index (κ2) is 9.11. The summed E-state index contributed by atoms with van der Waals surface area (Å²) in [4.78, 5) is 12.4. The number of hydrogen-bond acceptors (Lipinski definition) is 4. The SMILES string of the molecule is Cc1ccc(NC(=O)COc2ccc(F)cc2Cl)cc1S(=O)(=O)N1CCCCC1. The van der Waals surface area contributed by atoms with Crippen LogP contribution in [0, 0.1) is 12.7 Å². The molecule has 1 fully saturated rings. The zero-order valence-electron chi connectivity index (χ0n) is 16.0. The number of piperidine rings is 1. The molecule has 0 atom stereocenters. The van der Waals surface area contributed by atoms with E-state index < -0.39 is 21.7 Å². The van der Waals surface area contributed by atoms with Crippen molar-refractivity contribution >= 4 is 33.2 Å². The van der Waals surface area contributed by atoms with Crippen molar-refractivity contribution in [3.8, 4) is 5.75 Å². The third kappa shape index (κ3) is 5.26. The third-order valence-electron chi connectivity index (χ3n) is 4.66. The van der Waals surface area contributed by atoms with Gasteiger partial charge < -0.3 is 10.1 Å². The van der Waals surface area contributed by atoms with Crippen LogP contribution >= 0.6 is 11.6 Å². The zero-order valence-corrected chi connectivity index (χ0v) is 17.5. The van der Waals surface area contributed by atoms with Gasteiger partial charge in [-0.25, -0.2) is 12.8 Å². The fraction of sp³-hybridized carbons (Fsp3) is 0.350. The Morgan fingerprint density at radius 2 is 1.90 bits per heavy atom. The van der Waals surface area contributed by atoms with Crippen LogP contribution in [0.1, 0.15) is 24.8 Å². The molecule has 0 aliphatic carbocycles. The van der Waals surface area contributed by atoms with Gasteiger partial charge in [0.05, 0.1) is 9.92 Å². The maximum Gasteiger partial charge on any atom is 0.262 e. The van der Waals surface area contributed by atoms with Gasteiger partial charge >= 0.3 is 0 Å². The Morgan fingerprint density at radius 3 is 2.59 bits per heavy atom. The molecule has 0 bridgehead atoms. The van der Waals surface area contributed by atoms with Crippen molar-refractivity contribution in [1.82, 2.24) is 4.31 Å². The summed E-state index contributed by atoms with van der Waals surface area (Å²) in [5.74, 6) is -0.815. The molecule has 9 heteroatoms. The molecule has 2 aromatic rings. The van der Waals surface area contributed by atoms with Gasteiger partial charge in [-0.1, -0.05) is 24.1 Å². The Morgan fingerprint density at radius 1 is 1.17 bits per heavy atom. The number of anilines is 1. The summed E-state index contributed by atoms with van der Waals surface area (Å²) < 4.78 is 45.8. The lowest BCUT2D eigenvalue weighted by molar-refractivity contribution is -0.118. The molecule has 29 heavy (non-hydrogen) atoms. The summed E-state index contributed by atoms with van der Waals surface area (Å²) in [6.07, 6.45) is 2.72. The van der Waals surface area contributed by atoms with Crippen molar-refractivity contribution in [3.05, 3.63) is 52.8 Å². The molecule has 1 aliphatic heterocycles. The van der Waals surface area contributed by atoms with E-state index >= 15 is 0 Å². The lowest BCUT2D eigenvalue weighted by Crippen LogP contribution is -2.36. The molecular weight excluding hydrogens is 419 g/mol. The van der Waals surface area contributed by atoms with Gasteiger partial charge in [-0.3, -0.25) is 4.79 Å². The molecule has 6 nitrogen and oxygen atoms in total. The number of benzene rings is 2. The predicted octanol–water partition coefficient (Wildman–Crippen LogP) is 3.98. The summed E-state index contributed by atoms with van der Waals surface area (Å²) in [6.45, 7) is 2.38. The van der Waals surface area contributed by atoms with Crippen LogP contribution in [0.2, 0.25) is 5.02 Å². The minimum absolute atomic E-state index is 0.0584. The molecule has 3 rings (SSSR count). The summed E-state index contributed by atoms with van der Waals surface area (Å²) >= 11 is 5.87. The quantitative estimate of drug-likeness (QED) is 0.737. The first-order chi connectivity index (χ1) is 13.8. The molecule has 0 saturated carbocycles. The lowest BCUT2D eigenvalue weighted by Gasteiger charge is -2.26. The van der Waals surface area contributed by atoms with Gasteiger partial charge in [0.25, 0.3) is 5.91 Å². The molecule has 1 aliphatic rings. The molecule has 156 valence electrons. The Bertz CT molecular complexity index is 1010. The van der Waals surface area contributed by atoms with E-state index in [1.165, 1.54) is 22.5 Å². The van der Waals surface area contributed by atoms with Crippen molar-refractivity contribution in [2.75, 3.05) is 25.0 Å². The minimum Gasteiger partial charge on any atom is -0.482 e. The highest BCUT2D eigenvalue weighted by molar-refractivity contribution is 7.89. The van der Waals surface area contributed by atoms with Crippen LogP contribution in [-0.4, -0.2) is 38.3 Å². The number of carbonyl (C=O) groups is 1. The second-order valence-corrected chi connectivity index (χ2v) is 9.17. The van der Waals surface area contributed by atoms with Gasteiger partial charge in [-0.15, -0.1) is 0 Å². The van der Waals surface area contributed by atoms with Gasteiger partial charge in [0, 0.05) is 18.8 Å². The van der Waals surface area contributed by atoms with Gasteiger partial charge in [-0.05, 0) is 55.7 Å². The van der Waals surface area contributed by atoms with E-state index in [9.17, 15) is 17.6 Å². The fourth-order valence-corrected chi connectivity index (χ4v) is 5.12. The number of aryl methyl sites for hydroxylation is 1. The highest BCUT2D eigenvalue weighted by atomic mass is 35.5. The van der Waals surface area contributed by atoms with Crippen molar-refractivity contribution in [1.29, 1.82) is 0 Å². The van der Waals surface area contributed by atoms with E-state index in [1.807, 2.05) is 0 Å². The first kappa shape index (κ1) is 21.5. The first-order valence-corrected chi connectivity index (χ1v) is 11.1. The predicted molar refractivity (Wildman–Crippen MR) is 109 cm³/mol. The van der Waals surface area contributed by atoms with E-state index in [1.54, 1.807) is 19.1 Å². The first-order valence-electron chi connectivity index (χ1n) is 9.26. The summed E-state index contributed by atoms with van der Waals surface area (Å²) in [6, 6.07) is 8.35. The fourth-order valence-electron chi connectivity index (χ4n) is 3.13. The van der Waals surface area contributed by atoms with E-state index in [2.05, 4.69) is 5.32 Å². The van der Waals surface area contributed by atoms with Crippen molar-refractivity contribution in [2.45, 2.75) is 31.1 Å². The number of ether oxygens (including phenoxy) is 1. The lowest BCUT2D eigenvalue weighted by atomic mass is 10.2. The number of hydrogen-bond donors (Lipinski definition) is 1. The zero-order chi connectivity index (χ0) is 21.0. The average molecular weight is 441 g/mol. The van der Waals surface area contributed by atoms with Gasteiger partial charge in [0.2, 0.25) is 10.0 Å². The van der Waals surface area contributed by atoms with Crippen LogP contribution < -0.4 is 10.1 Å². The van der Waals surface area contributed by atoms with Crippen molar-refractivity contribution in [2.24, 2.45) is 0 Å². The van der Waals surface area contributed by atoms with Crippen LogP contribution in [0.4, 0.5) is 10.1 Å². The number of halogens is 2. The van der Waals surface area contributed by atoms with Crippen LogP contribution in [0.25, 0.3) is 0 Å². The Kier molecular flexibility index (Phi) is 6.77. The van der Waals surface area contributed by atoms with Crippen LogP contribution in [0.5, 0.6) is 5.75 Å². The molecule has 2 aromatic carbocycles. The number of nitrogens with zero attached hydrogens (tertiary/aromatic N) is 1. The molecule has 0 unspecified atom stereocenters. The highest BCUT2D eigenvalue weighted by Gasteiger charge is 2.27. The highest BCUT2D eigenvalue weighted by Crippen LogP contribution is 2.27. The number of sulfonamides is 1. The van der Waals surface area contributed by atoms with E-state index in [-0.39, 0.29) is 22.3 Å². The van der Waals surface area contributed by atoms with Crippen LogP contribution in [-0.2, 0) is 14.8 Å². The normalized spacial score (nSPS) is 15.1. The largest absolute Gasteiger partial charge is 0.482 e. The van der Waals surface area contributed by atoms with E-state index in [0.717, 1.165) is 25.3 Å². The van der Waals surface area contributed by atoms with Gasteiger partial charge in [0.15, 0.2) is 6.61 Å². The molecular formula is C20H22ClFN2O4S. The molecule has 0 spiro atoms. The van der Waals surface area contributed by atoms with Crippen LogP contribution in [0.15, 0.2) is 41.3 Å². The molecule has 1 saturated heterocycles. The molecule has 0 aromatic heterocycles. The molecule has 0 radical (unpaired) electrons. The summed E-state index contributed by atoms with van der Waals surface area (Å²) in [5, 5.41) is 2.68. The van der Waals surface area contributed by atoms with Gasteiger partial charge in [0.1, 0.15) is 11.6 Å². The van der Waals surface area contributed by atoms with Crippen LogP contribution in [0.3, 0.4) is 0 Å². The molecule has 1 amide bonds. The van der Waals surface area contributed by atoms with E-state index in [4.69, 9.17) is 16.3 Å². The maximum atomic E-state index is 13.1. The number of amides is 1. The summed E-state index contributed by atoms with van der Waals surface area (Å²) in [7, 11) is -3.62. The standard InChI is InChI=1S/C20H22ClFN2O4S/c1-14-5-7-16(12-19(14)29(26,27)24-9-3-2-4-10-24)23-20(25)13-28-18-8-6-15(22)11-17(18)21/h5-8,11-12H,2-4,9-10,13H2,1H3,(H,23,25). The summed E-state index contributed by atoms with van der Waals surface area (Å²) in [5.41, 5.74) is 0.966. The molecule has 1 heterocycles. The Labute approximate surface area is 174 Å². The average Bonchev–Trinajstić information content (AvgIpc) is 2.69. The Hall–Kier alpha value is -2.16. The monoisotopic (exact) mass is 440 g/mol. The molecule has 1 N–H and O–H groups in total. The number of rotatable bonds is 6. The number of carbonyl (C=O) groups excluding carboxylic acids is 1. The van der Waals surface area contributed by atoms with Crippen molar-refractivity contribution < 1.29 is 22.3 Å². The second-order valence-electron chi connectivity index (χ2n) is 6.86. The number of nitrogens with one attached hydrogen (secondary N) is 1. The van der Waals surface area contributed by atoms with Gasteiger partial charge in [-0.2, -0.15) is 4.31 Å². The topological polar surface area (TPSA) is 75.7 Å². The Balaban J connectivity index is 1.69. The van der Waals surface area contributed by atoms with Crippen molar-refractivity contribution in [3.63, 3.8) is 0 Å². The maximum absolute atomic E-state index is 13.1. The third-order valence-corrected chi connectivity index (χ3v) is 6.99. The smallest absolute Gasteiger partial charge is 0.262 e.